The van der Waals surface area contributed by atoms with E-state index in [0.717, 1.165) is 23.1 Å². The Morgan fingerprint density at radius 3 is 2.59 bits per heavy atom. The second kappa shape index (κ2) is 8.76. The van der Waals surface area contributed by atoms with E-state index < -0.39 is 5.97 Å². The number of aromatic nitrogens is 1. The summed E-state index contributed by atoms with van der Waals surface area (Å²) in [5.74, 6) is -1.26. The predicted octanol–water partition coefficient (Wildman–Crippen LogP) is 4.47. The predicted molar refractivity (Wildman–Crippen MR) is 105 cm³/mol. The van der Waals surface area contributed by atoms with Gasteiger partial charge in [-0.3, -0.25) is 9.78 Å². The van der Waals surface area contributed by atoms with Gasteiger partial charge < -0.3 is 10.4 Å². The maximum Gasteiger partial charge on any atom is 0.337 e. The molecule has 0 aliphatic heterocycles. The highest BCUT2D eigenvalue weighted by molar-refractivity contribution is 6.00. The Bertz CT molecular complexity index is 928. The molecule has 2 aromatic rings. The van der Waals surface area contributed by atoms with E-state index in [1.54, 1.807) is 30.6 Å². The molecule has 0 bridgehead atoms. The van der Waals surface area contributed by atoms with E-state index >= 15 is 0 Å². The van der Waals surface area contributed by atoms with Gasteiger partial charge in [-0.2, -0.15) is 0 Å². The molecule has 1 aliphatic rings. The molecule has 2 N–H and O–H groups in total. The number of rotatable bonds is 6. The number of hydrogen-bond acceptors (Lipinski definition) is 3. The molecule has 0 unspecified atom stereocenters. The van der Waals surface area contributed by atoms with Crippen molar-refractivity contribution in [2.24, 2.45) is 0 Å². The second-order valence-electron chi connectivity index (χ2n) is 6.14. The van der Waals surface area contributed by atoms with Gasteiger partial charge in [-0.05, 0) is 48.2 Å². The highest BCUT2D eigenvalue weighted by Crippen LogP contribution is 2.22. The van der Waals surface area contributed by atoms with Gasteiger partial charge in [0, 0.05) is 18.8 Å². The molecule has 3 rings (SSSR count). The second-order valence-corrected chi connectivity index (χ2v) is 6.14. The number of allylic oxidation sites excluding steroid dienone is 6. The van der Waals surface area contributed by atoms with Gasteiger partial charge in [0.25, 0.3) is 0 Å². The molecule has 27 heavy (non-hydrogen) atoms. The summed E-state index contributed by atoms with van der Waals surface area (Å²) in [5.41, 5.74) is 3.73. The van der Waals surface area contributed by atoms with Crippen molar-refractivity contribution in [2.75, 3.05) is 5.32 Å². The lowest BCUT2D eigenvalue weighted by Gasteiger charge is -2.08. The lowest BCUT2D eigenvalue weighted by atomic mass is 10.1. The van der Waals surface area contributed by atoms with Crippen LogP contribution in [0.5, 0.6) is 0 Å². The summed E-state index contributed by atoms with van der Waals surface area (Å²) in [4.78, 5) is 27.5. The quantitative estimate of drug-likeness (QED) is 0.797. The van der Waals surface area contributed by atoms with Crippen LogP contribution in [-0.4, -0.2) is 22.0 Å². The minimum absolute atomic E-state index is 0.0885. The third-order valence-corrected chi connectivity index (χ3v) is 4.28. The van der Waals surface area contributed by atoms with Crippen molar-refractivity contribution >= 4 is 23.1 Å². The zero-order valence-corrected chi connectivity index (χ0v) is 14.8. The summed E-state index contributed by atoms with van der Waals surface area (Å²) in [6.07, 6.45) is 13.5. The number of hydrogen-bond donors (Lipinski definition) is 2. The monoisotopic (exact) mass is 360 g/mol. The number of pyridine rings is 1. The molecule has 0 atom stereocenters. The van der Waals surface area contributed by atoms with E-state index in [9.17, 15) is 14.7 Å². The number of aromatic carboxylic acids is 1. The molecule has 1 aliphatic carbocycles. The number of nitrogens with zero attached hydrogens (tertiary/aromatic N) is 1. The Balaban J connectivity index is 1.57. The fourth-order valence-electron chi connectivity index (χ4n) is 2.86. The highest BCUT2D eigenvalue weighted by atomic mass is 16.4. The van der Waals surface area contributed by atoms with Gasteiger partial charge in [-0.15, -0.1) is 0 Å². The molecular weight excluding hydrogens is 340 g/mol. The summed E-state index contributed by atoms with van der Waals surface area (Å²) in [6, 6.07) is 10.3. The summed E-state index contributed by atoms with van der Waals surface area (Å²) < 4.78 is 0. The van der Waals surface area contributed by atoms with Crippen molar-refractivity contribution in [3.8, 4) is 0 Å². The summed E-state index contributed by atoms with van der Waals surface area (Å²) in [6.45, 7) is 0. The van der Waals surface area contributed by atoms with Crippen molar-refractivity contribution in [3.63, 3.8) is 0 Å². The smallest absolute Gasteiger partial charge is 0.337 e. The molecule has 5 nitrogen and oxygen atoms in total. The molecule has 1 heterocycles. The van der Waals surface area contributed by atoms with Crippen LogP contribution in [0.3, 0.4) is 0 Å². The van der Waals surface area contributed by atoms with Gasteiger partial charge in [-0.25, -0.2) is 4.79 Å². The molecule has 0 spiro atoms. The summed E-state index contributed by atoms with van der Waals surface area (Å²) in [5, 5.41) is 11.9. The van der Waals surface area contributed by atoms with Gasteiger partial charge in [0.1, 0.15) is 0 Å². The van der Waals surface area contributed by atoms with Crippen molar-refractivity contribution in [1.29, 1.82) is 0 Å². The van der Waals surface area contributed by atoms with E-state index in [1.165, 1.54) is 6.07 Å². The van der Waals surface area contributed by atoms with Crippen molar-refractivity contribution in [2.45, 2.75) is 19.3 Å². The number of amides is 1. The first kappa shape index (κ1) is 18.3. The fraction of sp³-hybridized carbons (Fsp3) is 0.136. The fourth-order valence-corrected chi connectivity index (χ4v) is 2.86. The molecule has 0 radical (unpaired) electrons. The SMILES string of the molecule is O=C(CCC1=CCC=C(c2ccncc2)C=C1)Nc1ccccc1C(=O)O. The van der Waals surface area contributed by atoms with Crippen LogP contribution in [-0.2, 0) is 4.79 Å². The first-order valence-electron chi connectivity index (χ1n) is 8.73. The first-order valence-corrected chi connectivity index (χ1v) is 8.73. The minimum Gasteiger partial charge on any atom is -0.478 e. The highest BCUT2D eigenvalue weighted by Gasteiger charge is 2.12. The van der Waals surface area contributed by atoms with E-state index in [4.69, 9.17) is 0 Å². The van der Waals surface area contributed by atoms with Gasteiger partial charge in [0.05, 0.1) is 11.3 Å². The zero-order chi connectivity index (χ0) is 19.1. The topological polar surface area (TPSA) is 79.3 Å². The van der Waals surface area contributed by atoms with Crippen LogP contribution >= 0.6 is 0 Å². The molecule has 1 aromatic heterocycles. The molecule has 1 aromatic carbocycles. The van der Waals surface area contributed by atoms with Gasteiger partial charge in [0.15, 0.2) is 0 Å². The number of carbonyl (C=O) groups is 2. The Hall–Kier alpha value is -3.47. The maximum absolute atomic E-state index is 12.2. The average Bonchev–Trinajstić information content (AvgIpc) is 2.93. The van der Waals surface area contributed by atoms with Gasteiger partial charge in [-0.1, -0.05) is 42.0 Å². The van der Waals surface area contributed by atoms with Gasteiger partial charge >= 0.3 is 5.97 Å². The van der Waals surface area contributed by atoms with E-state index in [-0.39, 0.29) is 17.9 Å². The normalized spacial score (nSPS) is 13.3. The van der Waals surface area contributed by atoms with E-state index in [2.05, 4.69) is 22.5 Å². The maximum atomic E-state index is 12.2. The Labute approximate surface area is 157 Å². The van der Waals surface area contributed by atoms with Crippen molar-refractivity contribution in [3.05, 3.63) is 89.8 Å². The largest absolute Gasteiger partial charge is 0.478 e. The van der Waals surface area contributed by atoms with Gasteiger partial charge in [0.2, 0.25) is 5.91 Å². The van der Waals surface area contributed by atoms with Crippen LogP contribution < -0.4 is 5.32 Å². The molecule has 136 valence electrons. The molecule has 5 heteroatoms. The van der Waals surface area contributed by atoms with Crippen LogP contribution in [0.2, 0.25) is 0 Å². The molecule has 0 fully saturated rings. The first-order chi connectivity index (χ1) is 13.1. The van der Waals surface area contributed by atoms with Crippen molar-refractivity contribution in [1.82, 2.24) is 4.98 Å². The summed E-state index contributed by atoms with van der Waals surface area (Å²) in [7, 11) is 0. The number of nitrogens with one attached hydrogen (secondary N) is 1. The number of carboxylic acid groups (broad SMARTS) is 1. The zero-order valence-electron chi connectivity index (χ0n) is 14.8. The lowest BCUT2D eigenvalue weighted by Crippen LogP contribution is -2.14. The van der Waals surface area contributed by atoms with Crippen LogP contribution in [0.25, 0.3) is 5.57 Å². The van der Waals surface area contributed by atoms with Crippen LogP contribution in [0.15, 0.2) is 78.7 Å². The molecule has 1 amide bonds. The third-order valence-electron chi connectivity index (χ3n) is 4.28. The standard InChI is InChI=1S/C22H20N2O3/c25-21(24-20-7-2-1-6-19(20)22(26)27)11-9-16-4-3-5-17(10-8-16)18-12-14-23-15-13-18/h1-2,4-8,10,12-15H,3,9,11H2,(H,24,25)(H,26,27). The third kappa shape index (κ3) is 5.01. The van der Waals surface area contributed by atoms with E-state index in [1.807, 2.05) is 24.3 Å². The number of carbonyl (C=O) groups excluding carboxylic acids is 1. The Morgan fingerprint density at radius 2 is 1.81 bits per heavy atom. The minimum atomic E-state index is -1.06. The number of benzene rings is 1. The summed E-state index contributed by atoms with van der Waals surface area (Å²) >= 11 is 0. The molecule has 0 saturated carbocycles. The number of para-hydroxylation sites is 1. The number of anilines is 1. The van der Waals surface area contributed by atoms with Crippen LogP contribution in [0.1, 0.15) is 35.2 Å². The Morgan fingerprint density at radius 1 is 1.04 bits per heavy atom. The van der Waals surface area contributed by atoms with E-state index in [0.29, 0.717) is 12.1 Å². The molecular formula is C22H20N2O3. The Kier molecular flexibility index (Phi) is 5.94. The number of carboxylic acids is 1. The molecule has 0 saturated heterocycles. The van der Waals surface area contributed by atoms with Crippen LogP contribution in [0, 0.1) is 0 Å². The lowest BCUT2D eigenvalue weighted by molar-refractivity contribution is -0.116. The van der Waals surface area contributed by atoms with Crippen LogP contribution in [0.4, 0.5) is 5.69 Å². The van der Waals surface area contributed by atoms with Crippen molar-refractivity contribution < 1.29 is 14.7 Å². The average molecular weight is 360 g/mol.